The predicted molar refractivity (Wildman–Crippen MR) is 66.9 cm³/mol. The van der Waals surface area contributed by atoms with Gasteiger partial charge in [-0.15, -0.1) is 0 Å². The normalized spacial score (nSPS) is 10.1. The molecule has 0 saturated carbocycles. The number of aliphatic carboxylic acids is 1. The number of carboxylic acids is 1. The molecule has 0 aromatic rings. The molecule has 0 saturated heterocycles. The summed E-state index contributed by atoms with van der Waals surface area (Å²) in [7, 11) is -1.83. The van der Waals surface area contributed by atoms with Crippen molar-refractivity contribution in [2.75, 3.05) is 0 Å². The smallest absolute Gasteiger partial charge is 0.303 e. The van der Waals surface area contributed by atoms with Crippen LogP contribution in [0.3, 0.4) is 0 Å². The van der Waals surface area contributed by atoms with Gasteiger partial charge in [-0.2, -0.15) is 0 Å². The molecule has 0 aromatic carbocycles. The molecular weight excluding hydrogens is 224 g/mol. The van der Waals surface area contributed by atoms with Gasteiger partial charge in [-0.05, 0) is 19.6 Å². The van der Waals surface area contributed by atoms with E-state index in [1.807, 2.05) is 19.6 Å². The van der Waals surface area contributed by atoms with Crippen molar-refractivity contribution in [3.63, 3.8) is 0 Å². The highest BCUT2D eigenvalue weighted by Crippen LogP contribution is 2.05. The van der Waals surface area contributed by atoms with Crippen LogP contribution in [0.25, 0.3) is 0 Å². The zero-order valence-electron chi connectivity index (χ0n) is 11.0. The molecule has 0 fully saturated rings. The van der Waals surface area contributed by atoms with E-state index in [1.165, 1.54) is 12.8 Å². The fourth-order valence-corrected chi connectivity index (χ4v) is 1.39. The molecule has 0 aliphatic rings. The highest BCUT2D eigenvalue weighted by Gasteiger charge is 2.19. The molecule has 0 unspecified atom stereocenters. The van der Waals surface area contributed by atoms with Gasteiger partial charge in [0.2, 0.25) is 8.32 Å². The van der Waals surface area contributed by atoms with E-state index in [2.05, 4.69) is 13.8 Å². The van der Waals surface area contributed by atoms with Crippen molar-refractivity contribution < 1.29 is 19.1 Å². The third kappa shape index (κ3) is 18.8. The van der Waals surface area contributed by atoms with Gasteiger partial charge in [-0.25, -0.2) is 0 Å². The third-order valence-electron chi connectivity index (χ3n) is 1.46. The van der Waals surface area contributed by atoms with Crippen molar-refractivity contribution in [2.24, 2.45) is 0 Å². The van der Waals surface area contributed by atoms with E-state index in [1.54, 1.807) is 0 Å². The summed E-state index contributed by atoms with van der Waals surface area (Å²) >= 11 is 0. The summed E-state index contributed by atoms with van der Waals surface area (Å²) in [5.41, 5.74) is 0. The summed E-state index contributed by atoms with van der Waals surface area (Å²) in [6.07, 6.45) is 2.46. The van der Waals surface area contributed by atoms with Crippen molar-refractivity contribution in [1.82, 2.24) is 0 Å². The van der Waals surface area contributed by atoms with Gasteiger partial charge in [-0.3, -0.25) is 9.59 Å². The summed E-state index contributed by atoms with van der Waals surface area (Å²) < 4.78 is 5.02. The lowest BCUT2D eigenvalue weighted by molar-refractivity contribution is -0.142. The van der Waals surface area contributed by atoms with Gasteiger partial charge in [-0.1, -0.05) is 26.7 Å². The second kappa shape index (κ2) is 9.39. The molecule has 4 nitrogen and oxygen atoms in total. The molecule has 0 rings (SSSR count). The second-order valence-electron chi connectivity index (χ2n) is 4.48. The van der Waals surface area contributed by atoms with E-state index in [9.17, 15) is 9.59 Å². The van der Waals surface area contributed by atoms with E-state index in [-0.39, 0.29) is 12.8 Å². The molecule has 16 heavy (non-hydrogen) atoms. The zero-order valence-corrected chi connectivity index (χ0v) is 12.0. The first-order valence-corrected chi connectivity index (χ1v) is 9.07. The van der Waals surface area contributed by atoms with E-state index in [4.69, 9.17) is 9.53 Å². The lowest BCUT2D eigenvalue weighted by Crippen LogP contribution is -2.29. The van der Waals surface area contributed by atoms with Crippen LogP contribution in [0.1, 0.15) is 39.5 Å². The Morgan fingerprint density at radius 2 is 1.50 bits per heavy atom. The standard InChI is InChI=1S/C7H14O4Si.C4H10/c1-12(2,3)11-7(10)5-4-6(8)9;1-3-4-2/h4-5H2,1-3H3,(H,8,9);3-4H2,1-2H3. The van der Waals surface area contributed by atoms with Gasteiger partial charge in [0.15, 0.2) is 0 Å². The molecule has 1 N–H and O–H groups in total. The summed E-state index contributed by atoms with van der Waals surface area (Å²) in [6.45, 7) is 10.0. The van der Waals surface area contributed by atoms with Gasteiger partial charge in [0.25, 0.3) is 5.97 Å². The van der Waals surface area contributed by atoms with Gasteiger partial charge in [0.1, 0.15) is 0 Å². The van der Waals surface area contributed by atoms with Crippen molar-refractivity contribution in [1.29, 1.82) is 0 Å². The summed E-state index contributed by atoms with van der Waals surface area (Å²) in [5, 5.41) is 8.26. The summed E-state index contributed by atoms with van der Waals surface area (Å²) in [4.78, 5) is 21.0. The quantitative estimate of drug-likeness (QED) is 0.760. The number of carbonyl (C=O) groups excluding carboxylic acids is 1. The lowest BCUT2D eigenvalue weighted by Gasteiger charge is -2.16. The van der Waals surface area contributed by atoms with Gasteiger partial charge >= 0.3 is 5.97 Å². The topological polar surface area (TPSA) is 63.6 Å². The highest BCUT2D eigenvalue weighted by molar-refractivity contribution is 6.71. The van der Waals surface area contributed by atoms with Crippen molar-refractivity contribution in [2.45, 2.75) is 59.2 Å². The average Bonchev–Trinajstić information content (AvgIpc) is 2.12. The first kappa shape index (κ1) is 17.5. The fourth-order valence-electron chi connectivity index (χ4n) is 0.602. The molecule has 96 valence electrons. The van der Waals surface area contributed by atoms with E-state index < -0.39 is 20.3 Å². The molecule has 0 amide bonds. The molecule has 0 radical (unpaired) electrons. The third-order valence-corrected chi connectivity index (χ3v) is 2.30. The summed E-state index contributed by atoms with van der Waals surface area (Å²) in [6, 6.07) is 0. The summed E-state index contributed by atoms with van der Waals surface area (Å²) in [5.74, 6) is -1.38. The number of carboxylic acid groups (broad SMARTS) is 1. The number of carbonyl (C=O) groups is 2. The fraction of sp³-hybridized carbons (Fsp3) is 0.818. The maximum absolute atomic E-state index is 10.9. The lowest BCUT2D eigenvalue weighted by atomic mass is 10.3. The Hall–Kier alpha value is -0.843. The second-order valence-corrected chi connectivity index (χ2v) is 8.91. The van der Waals surface area contributed by atoms with Crippen LogP contribution in [-0.4, -0.2) is 25.4 Å². The Balaban J connectivity index is 0. The maximum Gasteiger partial charge on any atom is 0.303 e. The Labute approximate surface area is 99.1 Å². The Morgan fingerprint density at radius 3 is 1.75 bits per heavy atom. The number of unbranched alkanes of at least 4 members (excludes halogenated alkanes) is 1. The molecule has 5 heteroatoms. The molecule has 0 spiro atoms. The maximum atomic E-state index is 10.9. The number of rotatable bonds is 5. The van der Waals surface area contributed by atoms with Crippen LogP contribution >= 0.6 is 0 Å². The van der Waals surface area contributed by atoms with E-state index >= 15 is 0 Å². The minimum atomic E-state index is -1.83. The van der Waals surface area contributed by atoms with Gasteiger partial charge < -0.3 is 9.53 Å². The van der Waals surface area contributed by atoms with Crippen molar-refractivity contribution in [3.8, 4) is 0 Å². The molecule has 0 heterocycles. The minimum absolute atomic E-state index is 0.0282. The molecule has 0 aromatic heterocycles. The predicted octanol–water partition coefficient (Wildman–Crippen LogP) is 3.04. The number of hydrogen-bond donors (Lipinski definition) is 1. The highest BCUT2D eigenvalue weighted by atomic mass is 28.4. The molecule has 0 atom stereocenters. The largest absolute Gasteiger partial charge is 0.520 e. The van der Waals surface area contributed by atoms with Gasteiger partial charge in [0.05, 0.1) is 12.8 Å². The van der Waals surface area contributed by atoms with Crippen molar-refractivity contribution >= 4 is 20.3 Å². The van der Waals surface area contributed by atoms with E-state index in [0.29, 0.717) is 0 Å². The van der Waals surface area contributed by atoms with Crippen LogP contribution in [0.4, 0.5) is 0 Å². The Morgan fingerprint density at radius 1 is 1.06 bits per heavy atom. The van der Waals surface area contributed by atoms with E-state index in [0.717, 1.165) is 0 Å². The van der Waals surface area contributed by atoms with Gasteiger partial charge in [0, 0.05) is 0 Å². The molecule has 0 bridgehead atoms. The Kier molecular flexibility index (Phi) is 10.3. The van der Waals surface area contributed by atoms with Crippen LogP contribution in [-0.2, 0) is 14.0 Å². The minimum Gasteiger partial charge on any atom is -0.520 e. The van der Waals surface area contributed by atoms with Crippen LogP contribution in [0.5, 0.6) is 0 Å². The SMILES string of the molecule is CCCC.C[Si](C)(C)OC(=O)CCC(=O)O. The molecule has 0 aliphatic carbocycles. The Bertz CT molecular complexity index is 207. The van der Waals surface area contributed by atoms with Crippen LogP contribution in [0, 0.1) is 0 Å². The van der Waals surface area contributed by atoms with Crippen LogP contribution in [0.15, 0.2) is 0 Å². The average molecular weight is 248 g/mol. The molecule has 0 aliphatic heterocycles. The van der Waals surface area contributed by atoms with Crippen molar-refractivity contribution in [3.05, 3.63) is 0 Å². The first-order valence-electron chi connectivity index (χ1n) is 5.66. The molecular formula is C11H24O4Si. The zero-order chi connectivity index (χ0) is 13.2. The number of hydrogen-bond acceptors (Lipinski definition) is 3. The van der Waals surface area contributed by atoms with Crippen LogP contribution in [0.2, 0.25) is 19.6 Å². The van der Waals surface area contributed by atoms with Crippen LogP contribution < -0.4 is 0 Å². The first-order chi connectivity index (χ1) is 7.22. The monoisotopic (exact) mass is 248 g/mol.